The molecular weight excluding hydrogens is 483 g/mol. The van der Waals surface area contributed by atoms with Crippen molar-refractivity contribution in [3.8, 4) is 11.5 Å². The normalized spacial score (nSPS) is 24.6. The standard InChI is InChI=1S/C28H51BO5Si2/c1-23(2,3)18-17-19-22(31-36(26(10,11)12)34-35(30-19)25(7,8)9)20(24(4,5)6)21(18)29-32-27(13,14)28(15,16)33-29/h17,35-36H,1-16H3. The smallest absolute Gasteiger partial charge is 0.495 e. The maximum atomic E-state index is 6.99. The lowest BCUT2D eigenvalue weighted by molar-refractivity contribution is 0.00578. The summed E-state index contributed by atoms with van der Waals surface area (Å²) >= 11 is 0. The Bertz CT molecular complexity index is 978. The van der Waals surface area contributed by atoms with Crippen LogP contribution in [0.3, 0.4) is 0 Å². The van der Waals surface area contributed by atoms with Crippen LogP contribution >= 0.6 is 0 Å². The molecule has 2 aliphatic rings. The lowest BCUT2D eigenvalue weighted by Gasteiger charge is -2.35. The molecule has 3 rings (SSSR count). The van der Waals surface area contributed by atoms with Crippen molar-refractivity contribution in [1.82, 2.24) is 0 Å². The third-order valence-corrected chi connectivity index (χ3v) is 13.2. The van der Waals surface area contributed by atoms with Gasteiger partial charge in [0, 0.05) is 15.6 Å². The highest BCUT2D eigenvalue weighted by Crippen LogP contribution is 2.48. The Kier molecular flexibility index (Phi) is 7.33. The van der Waals surface area contributed by atoms with E-state index in [-0.39, 0.29) is 20.9 Å². The minimum absolute atomic E-state index is 0.0738. The van der Waals surface area contributed by atoms with E-state index in [2.05, 4.69) is 117 Å². The number of hydrogen-bond donors (Lipinski definition) is 0. The minimum atomic E-state index is -2.16. The molecule has 1 aromatic rings. The first-order valence-electron chi connectivity index (χ1n) is 13.4. The summed E-state index contributed by atoms with van der Waals surface area (Å²) in [7, 11) is -4.78. The van der Waals surface area contributed by atoms with Gasteiger partial charge in [-0.1, -0.05) is 83.1 Å². The van der Waals surface area contributed by atoms with E-state index < -0.39 is 36.9 Å². The fourth-order valence-corrected chi connectivity index (χ4v) is 10.8. The first kappa shape index (κ1) is 29.8. The fraction of sp³-hybridized carbons (Fsp3) is 0.786. The molecule has 0 radical (unpaired) electrons. The summed E-state index contributed by atoms with van der Waals surface area (Å²) in [6.07, 6.45) is 0. The molecule has 2 unspecified atom stereocenters. The van der Waals surface area contributed by atoms with E-state index >= 15 is 0 Å². The second-order valence-corrected chi connectivity index (χ2v) is 22.2. The summed E-state index contributed by atoms with van der Waals surface area (Å²) in [5.41, 5.74) is 2.07. The zero-order valence-electron chi connectivity index (χ0n) is 25.9. The maximum absolute atomic E-state index is 6.99. The third-order valence-electron chi connectivity index (χ3n) is 7.45. The Morgan fingerprint density at radius 3 is 1.50 bits per heavy atom. The lowest BCUT2D eigenvalue weighted by Crippen LogP contribution is -2.46. The van der Waals surface area contributed by atoms with Crippen LogP contribution in [0.4, 0.5) is 0 Å². The highest BCUT2D eigenvalue weighted by molar-refractivity contribution is 6.65. The van der Waals surface area contributed by atoms with Gasteiger partial charge in [0.15, 0.2) is 0 Å². The van der Waals surface area contributed by atoms with Crippen molar-refractivity contribution in [2.75, 3.05) is 0 Å². The number of benzene rings is 1. The predicted octanol–water partition coefficient (Wildman–Crippen LogP) is 6.41. The van der Waals surface area contributed by atoms with Crippen LogP contribution in [0, 0.1) is 0 Å². The summed E-state index contributed by atoms with van der Waals surface area (Å²) in [6.45, 7) is 35.2. The van der Waals surface area contributed by atoms with Gasteiger partial charge in [-0.05, 0) is 55.6 Å². The zero-order valence-corrected chi connectivity index (χ0v) is 28.2. The Hall–Kier alpha value is -0.801. The average Bonchev–Trinajstić information content (AvgIpc) is 2.77. The summed E-state index contributed by atoms with van der Waals surface area (Å²) in [4.78, 5) is 0. The van der Waals surface area contributed by atoms with Crippen molar-refractivity contribution >= 4 is 31.1 Å². The van der Waals surface area contributed by atoms with Crippen LogP contribution in [-0.2, 0) is 24.3 Å². The quantitative estimate of drug-likeness (QED) is 0.390. The zero-order chi connectivity index (χ0) is 27.9. The number of fused-ring (bicyclic) bond motifs is 1. The predicted molar refractivity (Wildman–Crippen MR) is 156 cm³/mol. The first-order valence-corrected chi connectivity index (χ1v) is 16.5. The monoisotopic (exact) mass is 534 g/mol. The Morgan fingerprint density at radius 1 is 0.667 bits per heavy atom. The van der Waals surface area contributed by atoms with Crippen molar-refractivity contribution in [1.29, 1.82) is 0 Å². The van der Waals surface area contributed by atoms with Gasteiger partial charge < -0.3 is 22.3 Å². The molecule has 5 nitrogen and oxygen atoms in total. The Balaban J connectivity index is 2.40. The van der Waals surface area contributed by atoms with E-state index in [1.807, 2.05) is 0 Å². The Morgan fingerprint density at radius 2 is 1.11 bits per heavy atom. The fourth-order valence-electron chi connectivity index (χ4n) is 4.58. The molecule has 1 fully saturated rings. The van der Waals surface area contributed by atoms with E-state index in [1.54, 1.807) is 0 Å². The van der Waals surface area contributed by atoms with E-state index in [0.717, 1.165) is 22.5 Å². The van der Waals surface area contributed by atoms with Gasteiger partial charge in [-0.3, -0.25) is 0 Å². The maximum Gasteiger partial charge on any atom is 0.495 e. The van der Waals surface area contributed by atoms with Gasteiger partial charge in [0.05, 0.1) is 11.2 Å². The topological polar surface area (TPSA) is 46.2 Å². The molecule has 2 aliphatic heterocycles. The molecule has 8 heteroatoms. The van der Waals surface area contributed by atoms with Gasteiger partial charge in [-0.15, -0.1) is 0 Å². The van der Waals surface area contributed by atoms with Crippen molar-refractivity contribution in [3.63, 3.8) is 0 Å². The van der Waals surface area contributed by atoms with Crippen LogP contribution in [0.25, 0.3) is 0 Å². The van der Waals surface area contributed by atoms with Crippen LogP contribution in [0.1, 0.15) is 122 Å². The van der Waals surface area contributed by atoms with Crippen LogP contribution in [0.15, 0.2) is 6.07 Å². The highest BCUT2D eigenvalue weighted by Gasteiger charge is 2.55. The molecule has 204 valence electrons. The lowest BCUT2D eigenvalue weighted by atomic mass is 9.63. The molecule has 1 saturated heterocycles. The minimum Gasteiger partial charge on any atom is -0.520 e. The summed E-state index contributed by atoms with van der Waals surface area (Å²) in [6, 6.07) is 2.19. The summed E-state index contributed by atoms with van der Waals surface area (Å²) < 4.78 is 34.0. The molecule has 0 aromatic heterocycles. The van der Waals surface area contributed by atoms with Crippen molar-refractivity contribution in [2.24, 2.45) is 0 Å². The van der Waals surface area contributed by atoms with Crippen molar-refractivity contribution < 1.29 is 22.3 Å². The second-order valence-electron chi connectivity index (χ2n) is 15.9. The van der Waals surface area contributed by atoms with Crippen molar-refractivity contribution in [2.45, 2.75) is 143 Å². The molecule has 0 spiro atoms. The van der Waals surface area contributed by atoms with Crippen LogP contribution < -0.4 is 14.3 Å². The Labute approximate surface area is 224 Å². The van der Waals surface area contributed by atoms with E-state index in [9.17, 15) is 0 Å². The number of hydrogen-bond acceptors (Lipinski definition) is 5. The van der Waals surface area contributed by atoms with Gasteiger partial charge in [0.25, 0.3) is 0 Å². The molecular formula is C28H51BO5Si2. The van der Waals surface area contributed by atoms with E-state index in [1.165, 1.54) is 5.56 Å². The highest BCUT2D eigenvalue weighted by atomic mass is 28.4. The first-order chi connectivity index (χ1) is 15.9. The molecule has 0 aliphatic carbocycles. The molecule has 36 heavy (non-hydrogen) atoms. The molecule has 0 saturated carbocycles. The molecule has 2 atom stereocenters. The van der Waals surface area contributed by atoms with Gasteiger partial charge in [-0.25, -0.2) is 0 Å². The molecule has 1 aromatic carbocycles. The SMILES string of the molecule is CC(C)(C)c1cc2c(c(C(C)(C)C)c1B1OC(C)(C)C(C)(C)O1)O[SiH](C(C)(C)C)O[SiH](C(C)(C)C)O2. The van der Waals surface area contributed by atoms with Gasteiger partial charge in [0.2, 0.25) is 0 Å². The molecule has 2 heterocycles. The van der Waals surface area contributed by atoms with Crippen LogP contribution in [0.2, 0.25) is 10.1 Å². The van der Waals surface area contributed by atoms with E-state index in [4.69, 9.17) is 22.3 Å². The molecule has 0 N–H and O–H groups in total. The summed E-state index contributed by atoms with van der Waals surface area (Å²) in [5.74, 6) is 1.64. The number of rotatable bonds is 1. The second kappa shape index (κ2) is 8.87. The van der Waals surface area contributed by atoms with Gasteiger partial charge in [0.1, 0.15) is 11.5 Å². The van der Waals surface area contributed by atoms with Crippen LogP contribution in [-0.4, -0.2) is 36.9 Å². The van der Waals surface area contributed by atoms with Gasteiger partial charge in [-0.2, -0.15) is 0 Å². The summed E-state index contributed by atoms with van der Waals surface area (Å²) in [5, 5.41) is -0.167. The van der Waals surface area contributed by atoms with Gasteiger partial charge >= 0.3 is 25.7 Å². The van der Waals surface area contributed by atoms with E-state index in [0.29, 0.717) is 0 Å². The molecule has 0 bridgehead atoms. The van der Waals surface area contributed by atoms with Crippen LogP contribution in [0.5, 0.6) is 11.5 Å². The molecule has 0 amide bonds. The average molecular weight is 535 g/mol. The van der Waals surface area contributed by atoms with Crippen molar-refractivity contribution in [3.05, 3.63) is 17.2 Å². The largest absolute Gasteiger partial charge is 0.520 e. The third kappa shape index (κ3) is 5.63.